The van der Waals surface area contributed by atoms with E-state index in [2.05, 4.69) is 23.8 Å². The highest BCUT2D eigenvalue weighted by Gasteiger charge is 2.04. The summed E-state index contributed by atoms with van der Waals surface area (Å²) in [6, 6.07) is 0. The molecule has 0 spiro atoms. The molecule has 0 N–H and O–H groups in total. The average molecular weight is 210 g/mol. The zero-order valence-electron chi connectivity index (χ0n) is 10.8. The Labute approximate surface area is 94.9 Å². The first-order valence-electron chi connectivity index (χ1n) is 6.17. The van der Waals surface area contributed by atoms with Gasteiger partial charge in [-0.05, 0) is 38.5 Å². The minimum absolute atomic E-state index is 1.12. The highest BCUT2D eigenvalue weighted by molar-refractivity contribution is 5.85. The van der Waals surface area contributed by atoms with E-state index in [1.54, 1.807) is 0 Å². The lowest BCUT2D eigenvalue weighted by Crippen LogP contribution is -1.93. The summed E-state index contributed by atoms with van der Waals surface area (Å²) in [5.74, 6) is 0. The van der Waals surface area contributed by atoms with Crippen molar-refractivity contribution < 1.29 is 0 Å². The Balaban J connectivity index is 0.000000262. The molecular weight excluding hydrogens is 184 g/mol. The van der Waals surface area contributed by atoms with Crippen molar-refractivity contribution >= 4 is 11.4 Å². The van der Waals surface area contributed by atoms with Crippen LogP contribution >= 0.6 is 0 Å². The number of aliphatic imine (C=N–C) groups is 2. The van der Waals surface area contributed by atoms with Crippen molar-refractivity contribution in [3.8, 4) is 0 Å². The highest BCUT2D eigenvalue weighted by Crippen LogP contribution is 2.13. The topological polar surface area (TPSA) is 24.7 Å². The molecule has 0 atom stereocenters. The Morgan fingerprint density at radius 2 is 1.73 bits per heavy atom. The van der Waals surface area contributed by atoms with E-state index in [0.29, 0.717) is 0 Å². The van der Waals surface area contributed by atoms with Gasteiger partial charge < -0.3 is 0 Å². The lowest BCUT2D eigenvalue weighted by Gasteiger charge is -1.95. The molecule has 1 aliphatic carbocycles. The van der Waals surface area contributed by atoms with Crippen LogP contribution in [0.5, 0.6) is 0 Å². The molecule has 0 aliphatic heterocycles. The molecule has 0 amide bonds. The maximum absolute atomic E-state index is 4.11. The Morgan fingerprint density at radius 1 is 1.13 bits per heavy atom. The summed E-state index contributed by atoms with van der Waals surface area (Å²) < 4.78 is 0. The van der Waals surface area contributed by atoms with Gasteiger partial charge >= 0.3 is 0 Å². The molecule has 1 fully saturated rings. The lowest BCUT2D eigenvalue weighted by molar-refractivity contribution is 0.886. The third-order valence-electron chi connectivity index (χ3n) is 2.76. The summed E-state index contributed by atoms with van der Waals surface area (Å²) in [6.45, 7) is 4.33. The third-order valence-corrected chi connectivity index (χ3v) is 2.76. The van der Waals surface area contributed by atoms with Crippen LogP contribution < -0.4 is 0 Å². The quantitative estimate of drug-likeness (QED) is 0.631. The van der Waals surface area contributed by atoms with Crippen LogP contribution in [0.3, 0.4) is 0 Å². The van der Waals surface area contributed by atoms with Crippen molar-refractivity contribution in [3.05, 3.63) is 0 Å². The minimum atomic E-state index is 1.12. The van der Waals surface area contributed by atoms with E-state index in [4.69, 9.17) is 0 Å². The molecule has 15 heavy (non-hydrogen) atoms. The normalized spacial score (nSPS) is 16.0. The van der Waals surface area contributed by atoms with Crippen molar-refractivity contribution in [2.24, 2.45) is 9.98 Å². The van der Waals surface area contributed by atoms with Crippen molar-refractivity contribution in [3.63, 3.8) is 0 Å². The number of hydrogen-bond donors (Lipinski definition) is 0. The van der Waals surface area contributed by atoms with Gasteiger partial charge in [0.25, 0.3) is 0 Å². The van der Waals surface area contributed by atoms with E-state index in [0.717, 1.165) is 6.42 Å². The summed E-state index contributed by atoms with van der Waals surface area (Å²) in [4.78, 5) is 8.22. The first-order chi connectivity index (χ1) is 7.28. The van der Waals surface area contributed by atoms with Crippen molar-refractivity contribution in [1.82, 2.24) is 0 Å². The average Bonchev–Trinajstić information content (AvgIpc) is 2.79. The van der Waals surface area contributed by atoms with Gasteiger partial charge in [0.2, 0.25) is 0 Å². The number of rotatable bonds is 3. The molecule has 0 radical (unpaired) electrons. The van der Waals surface area contributed by atoms with E-state index in [9.17, 15) is 0 Å². The van der Waals surface area contributed by atoms with Gasteiger partial charge in [-0.3, -0.25) is 9.98 Å². The monoisotopic (exact) mass is 210 g/mol. The number of nitrogens with zero attached hydrogens (tertiary/aromatic N) is 2. The maximum Gasteiger partial charge on any atom is 0.0276 e. The van der Waals surface area contributed by atoms with E-state index < -0.39 is 0 Å². The molecule has 88 valence electrons. The van der Waals surface area contributed by atoms with Crippen LogP contribution in [0.1, 0.15) is 58.8 Å². The van der Waals surface area contributed by atoms with E-state index in [1.807, 2.05) is 14.1 Å². The van der Waals surface area contributed by atoms with Gasteiger partial charge in [0, 0.05) is 25.5 Å². The zero-order valence-corrected chi connectivity index (χ0v) is 10.8. The smallest absolute Gasteiger partial charge is 0.0276 e. The molecular formula is C13H26N2. The fourth-order valence-electron chi connectivity index (χ4n) is 1.74. The first-order valence-corrected chi connectivity index (χ1v) is 6.17. The van der Waals surface area contributed by atoms with Crippen LogP contribution in [-0.2, 0) is 0 Å². The fraction of sp³-hybridized carbons (Fsp3) is 0.846. The van der Waals surface area contributed by atoms with Gasteiger partial charge in [-0.2, -0.15) is 0 Å². The zero-order chi connectivity index (χ0) is 11.5. The van der Waals surface area contributed by atoms with Gasteiger partial charge in [0.15, 0.2) is 0 Å². The molecule has 1 aliphatic rings. The molecule has 2 heteroatoms. The van der Waals surface area contributed by atoms with Crippen LogP contribution in [0, 0.1) is 0 Å². The summed E-state index contributed by atoms with van der Waals surface area (Å²) in [5, 5.41) is 0. The van der Waals surface area contributed by atoms with Gasteiger partial charge in [-0.15, -0.1) is 0 Å². The Hall–Kier alpha value is -0.660. The van der Waals surface area contributed by atoms with E-state index in [-0.39, 0.29) is 0 Å². The lowest BCUT2D eigenvalue weighted by atomic mass is 10.2. The van der Waals surface area contributed by atoms with Crippen LogP contribution in [-0.4, -0.2) is 25.5 Å². The molecule has 0 bridgehead atoms. The van der Waals surface area contributed by atoms with Crippen LogP contribution in [0.15, 0.2) is 9.98 Å². The molecule has 0 aromatic carbocycles. The molecule has 0 saturated heterocycles. The third kappa shape index (κ3) is 7.29. The van der Waals surface area contributed by atoms with Gasteiger partial charge in [0.1, 0.15) is 0 Å². The van der Waals surface area contributed by atoms with Gasteiger partial charge in [-0.1, -0.05) is 20.3 Å². The van der Waals surface area contributed by atoms with Gasteiger partial charge in [-0.25, -0.2) is 0 Å². The Bertz CT molecular complexity index is 197. The number of hydrogen-bond acceptors (Lipinski definition) is 2. The summed E-state index contributed by atoms with van der Waals surface area (Å²) in [6.07, 6.45) is 8.77. The van der Waals surface area contributed by atoms with Crippen LogP contribution in [0.2, 0.25) is 0 Å². The molecule has 0 heterocycles. The fourth-order valence-corrected chi connectivity index (χ4v) is 1.74. The molecule has 1 rings (SSSR count). The van der Waals surface area contributed by atoms with Crippen molar-refractivity contribution in [2.45, 2.75) is 58.8 Å². The second kappa shape index (κ2) is 9.88. The maximum atomic E-state index is 4.11. The second-order valence-corrected chi connectivity index (χ2v) is 3.89. The predicted molar refractivity (Wildman–Crippen MR) is 70.4 cm³/mol. The van der Waals surface area contributed by atoms with Crippen LogP contribution in [0.25, 0.3) is 0 Å². The molecule has 0 aromatic rings. The summed E-state index contributed by atoms with van der Waals surface area (Å²) in [7, 11) is 3.76. The van der Waals surface area contributed by atoms with Crippen molar-refractivity contribution in [2.75, 3.05) is 14.1 Å². The van der Waals surface area contributed by atoms with Crippen molar-refractivity contribution in [1.29, 1.82) is 0 Å². The SMILES string of the molecule is CCCC(CC)=NC.CN=C1CCCC1. The Morgan fingerprint density at radius 3 is 1.93 bits per heavy atom. The molecule has 1 saturated carbocycles. The minimum Gasteiger partial charge on any atom is -0.297 e. The summed E-state index contributed by atoms with van der Waals surface area (Å²) in [5.41, 5.74) is 2.76. The highest BCUT2D eigenvalue weighted by atomic mass is 14.7. The standard InChI is InChI=1S/C7H15N.C6H11N/c1-4-6-7(5-2)8-3;1-7-6-4-2-3-5-6/h4-6H2,1-3H3;2-5H2,1H3. The largest absolute Gasteiger partial charge is 0.297 e. The molecule has 2 nitrogen and oxygen atoms in total. The summed E-state index contributed by atoms with van der Waals surface area (Å²) >= 11 is 0. The molecule has 0 unspecified atom stereocenters. The van der Waals surface area contributed by atoms with Gasteiger partial charge in [0.05, 0.1) is 0 Å². The predicted octanol–water partition coefficient (Wildman–Crippen LogP) is 3.90. The van der Waals surface area contributed by atoms with Crippen LogP contribution in [0.4, 0.5) is 0 Å². The molecule has 0 aromatic heterocycles. The second-order valence-electron chi connectivity index (χ2n) is 3.89. The Kier molecular flexibility index (Phi) is 9.44. The van der Waals surface area contributed by atoms with E-state index in [1.165, 1.54) is 49.9 Å². The van der Waals surface area contributed by atoms with E-state index >= 15 is 0 Å². The first kappa shape index (κ1) is 14.3.